The van der Waals surface area contributed by atoms with E-state index < -0.39 is 18.6 Å². The summed E-state index contributed by atoms with van der Waals surface area (Å²) in [4.78, 5) is 1.70. The molecule has 0 saturated carbocycles. The highest BCUT2D eigenvalue weighted by Gasteiger charge is 2.44. The van der Waals surface area contributed by atoms with Crippen LogP contribution in [0.2, 0.25) is 0 Å². The molecule has 8 heteroatoms. The minimum absolute atomic E-state index is 0. The maximum Gasteiger partial charge on any atom is 0.289 e. The first-order valence-electron chi connectivity index (χ1n) is 6.76. The third-order valence-corrected chi connectivity index (χ3v) is 4.35. The minimum atomic E-state index is -3.23. The van der Waals surface area contributed by atoms with E-state index in [4.69, 9.17) is 9.84 Å². The molecule has 1 saturated heterocycles. The first-order chi connectivity index (χ1) is 9.99. The van der Waals surface area contributed by atoms with Crippen LogP contribution < -0.4 is 10.1 Å². The number of nitrogens with one attached hydrogen (secondary N) is 1. The average molecular weight is 402 g/mol. The molecule has 1 aromatic carbocycles. The van der Waals surface area contributed by atoms with Crippen molar-refractivity contribution in [1.29, 1.82) is 0 Å². The molecular weight excluding hydrogens is 382 g/mol. The molecule has 126 valence electrons. The molecule has 2 N–H and O–H groups in total. The minimum Gasteiger partial charge on any atom is -0.497 e. The second-order valence-electron chi connectivity index (χ2n) is 5.00. The Balaban J connectivity index is 0.00000242. The molecule has 1 aliphatic rings. The summed E-state index contributed by atoms with van der Waals surface area (Å²) in [7, 11) is 1.50. The number of alkyl halides is 2. The van der Waals surface area contributed by atoms with Gasteiger partial charge in [0.05, 0.1) is 7.11 Å². The zero-order chi connectivity index (χ0) is 15.5. The van der Waals surface area contributed by atoms with Crippen LogP contribution in [0.5, 0.6) is 5.75 Å². The van der Waals surface area contributed by atoms with Gasteiger partial charge in [-0.3, -0.25) is 4.90 Å². The number of hydrogen-bond acceptors (Lipinski definition) is 4. The third-order valence-electron chi connectivity index (χ3n) is 3.63. The quantitative estimate of drug-likeness (QED) is 0.795. The molecule has 1 heterocycles. The standard InChI is InChI=1S/C14H19BrF2N2O2.ClH/c1-21-10-2-3-12(15)11(8-10)13(14(16,17)9-20)19-6-4-18-5-7-19;/h2-3,8,13,18,20H,4-7,9H2,1H3;1H/t13-;/m1./s1. The highest BCUT2D eigenvalue weighted by molar-refractivity contribution is 9.10. The van der Waals surface area contributed by atoms with E-state index in [2.05, 4.69) is 21.2 Å². The second-order valence-corrected chi connectivity index (χ2v) is 5.85. The van der Waals surface area contributed by atoms with E-state index in [9.17, 15) is 8.78 Å². The van der Waals surface area contributed by atoms with E-state index in [-0.39, 0.29) is 12.4 Å². The van der Waals surface area contributed by atoms with Crippen molar-refractivity contribution in [2.75, 3.05) is 39.9 Å². The molecule has 4 nitrogen and oxygen atoms in total. The van der Waals surface area contributed by atoms with Crippen LogP contribution in [-0.2, 0) is 0 Å². The van der Waals surface area contributed by atoms with Crippen LogP contribution in [0.15, 0.2) is 22.7 Å². The largest absolute Gasteiger partial charge is 0.497 e. The summed E-state index contributed by atoms with van der Waals surface area (Å²) in [6.07, 6.45) is 0. The van der Waals surface area contributed by atoms with E-state index >= 15 is 0 Å². The highest BCUT2D eigenvalue weighted by atomic mass is 79.9. The Bertz CT molecular complexity index is 488. The maximum absolute atomic E-state index is 14.3. The Morgan fingerprint density at radius 1 is 1.41 bits per heavy atom. The lowest BCUT2D eigenvalue weighted by Crippen LogP contribution is -2.51. The zero-order valence-corrected chi connectivity index (χ0v) is 14.6. The predicted octanol–water partition coefficient (Wildman–Crippen LogP) is 2.45. The Kier molecular flexibility index (Phi) is 7.48. The summed E-state index contributed by atoms with van der Waals surface area (Å²) in [5, 5.41) is 12.3. The number of benzene rings is 1. The van der Waals surface area contributed by atoms with Crippen molar-refractivity contribution in [3.05, 3.63) is 28.2 Å². The molecule has 0 amide bonds. The number of nitrogens with zero attached hydrogens (tertiary/aromatic N) is 1. The van der Waals surface area contributed by atoms with Crippen molar-refractivity contribution in [3.8, 4) is 5.75 Å². The highest BCUT2D eigenvalue weighted by Crippen LogP contribution is 2.40. The van der Waals surface area contributed by atoms with Crippen LogP contribution in [0.3, 0.4) is 0 Å². The Labute approximate surface area is 143 Å². The van der Waals surface area contributed by atoms with Crippen LogP contribution in [0, 0.1) is 0 Å². The number of rotatable bonds is 5. The van der Waals surface area contributed by atoms with Crippen LogP contribution in [0.25, 0.3) is 0 Å². The number of methoxy groups -OCH3 is 1. The first-order valence-corrected chi connectivity index (χ1v) is 7.56. The lowest BCUT2D eigenvalue weighted by Gasteiger charge is -2.39. The van der Waals surface area contributed by atoms with Crippen LogP contribution >= 0.6 is 28.3 Å². The number of piperazine rings is 1. The Morgan fingerprint density at radius 2 is 2.05 bits per heavy atom. The van der Waals surface area contributed by atoms with Crippen molar-refractivity contribution < 1.29 is 18.6 Å². The molecule has 1 atom stereocenters. The summed E-state index contributed by atoms with van der Waals surface area (Å²) >= 11 is 3.34. The summed E-state index contributed by atoms with van der Waals surface area (Å²) in [5.41, 5.74) is 0.426. The third kappa shape index (κ3) is 4.29. The van der Waals surface area contributed by atoms with Gasteiger partial charge in [-0.2, -0.15) is 0 Å². The first kappa shape index (κ1) is 19.6. The van der Waals surface area contributed by atoms with Gasteiger partial charge in [-0.25, -0.2) is 8.78 Å². The molecule has 0 bridgehead atoms. The molecule has 0 aliphatic carbocycles. The van der Waals surface area contributed by atoms with Crippen molar-refractivity contribution in [1.82, 2.24) is 10.2 Å². The van der Waals surface area contributed by atoms with Gasteiger partial charge >= 0.3 is 0 Å². The fourth-order valence-corrected chi connectivity index (χ4v) is 3.04. The number of aliphatic hydroxyl groups is 1. The van der Waals surface area contributed by atoms with E-state index in [1.165, 1.54) is 7.11 Å². The topological polar surface area (TPSA) is 44.7 Å². The van der Waals surface area contributed by atoms with Crippen molar-refractivity contribution in [2.45, 2.75) is 12.0 Å². The van der Waals surface area contributed by atoms with Gasteiger partial charge in [0.15, 0.2) is 0 Å². The second kappa shape index (κ2) is 8.40. The smallest absolute Gasteiger partial charge is 0.289 e. The van der Waals surface area contributed by atoms with Gasteiger partial charge in [-0.05, 0) is 23.8 Å². The van der Waals surface area contributed by atoms with Crippen LogP contribution in [-0.4, -0.2) is 55.8 Å². The lowest BCUT2D eigenvalue weighted by atomic mass is 9.98. The summed E-state index contributed by atoms with van der Waals surface area (Å²) in [6.45, 7) is 1.12. The van der Waals surface area contributed by atoms with Crippen molar-refractivity contribution in [2.24, 2.45) is 0 Å². The maximum atomic E-state index is 14.3. The SMILES string of the molecule is COc1ccc(Br)c([C@@H](N2CCNCC2)C(F)(F)CO)c1.Cl. The van der Waals surface area contributed by atoms with Crippen molar-refractivity contribution >= 4 is 28.3 Å². The van der Waals surface area contributed by atoms with Gasteiger partial charge in [0, 0.05) is 30.7 Å². The monoisotopic (exact) mass is 400 g/mol. The lowest BCUT2D eigenvalue weighted by molar-refractivity contribution is -0.118. The Morgan fingerprint density at radius 3 is 2.59 bits per heavy atom. The molecule has 1 aromatic rings. The number of hydrogen-bond donors (Lipinski definition) is 2. The van der Waals surface area contributed by atoms with E-state index in [0.29, 0.717) is 42.0 Å². The van der Waals surface area contributed by atoms with Gasteiger partial charge in [-0.1, -0.05) is 15.9 Å². The number of halogens is 4. The zero-order valence-electron chi connectivity index (χ0n) is 12.2. The number of aliphatic hydroxyl groups excluding tert-OH is 1. The molecule has 22 heavy (non-hydrogen) atoms. The summed E-state index contributed by atoms with van der Waals surface area (Å²) in [5.74, 6) is -2.71. The number of ether oxygens (including phenoxy) is 1. The van der Waals surface area contributed by atoms with Crippen LogP contribution in [0.4, 0.5) is 8.78 Å². The molecule has 1 fully saturated rings. The Hall–Kier alpha value is -0.470. The molecule has 1 aliphatic heterocycles. The molecular formula is C14H20BrClF2N2O2. The molecule has 0 spiro atoms. The van der Waals surface area contributed by atoms with E-state index in [0.717, 1.165) is 0 Å². The van der Waals surface area contributed by atoms with Gasteiger partial charge in [0.25, 0.3) is 5.92 Å². The van der Waals surface area contributed by atoms with Gasteiger partial charge in [-0.15, -0.1) is 12.4 Å². The summed E-state index contributed by atoms with van der Waals surface area (Å²) in [6, 6.07) is 3.81. The van der Waals surface area contributed by atoms with Gasteiger partial charge in [0.2, 0.25) is 0 Å². The average Bonchev–Trinajstić information content (AvgIpc) is 2.50. The fourth-order valence-electron chi connectivity index (χ4n) is 2.58. The summed E-state index contributed by atoms with van der Waals surface area (Å²) < 4.78 is 34.4. The van der Waals surface area contributed by atoms with Crippen molar-refractivity contribution in [3.63, 3.8) is 0 Å². The normalized spacial score (nSPS) is 17.7. The van der Waals surface area contributed by atoms with Gasteiger partial charge < -0.3 is 15.2 Å². The fraction of sp³-hybridized carbons (Fsp3) is 0.571. The molecule has 2 rings (SSSR count). The van der Waals surface area contributed by atoms with E-state index in [1.54, 1.807) is 23.1 Å². The molecule has 0 radical (unpaired) electrons. The van der Waals surface area contributed by atoms with E-state index in [1.807, 2.05) is 0 Å². The predicted molar refractivity (Wildman–Crippen MR) is 87.2 cm³/mol. The molecule has 0 unspecified atom stereocenters. The van der Waals surface area contributed by atoms with Crippen LogP contribution in [0.1, 0.15) is 11.6 Å². The molecule has 0 aromatic heterocycles. The van der Waals surface area contributed by atoms with Gasteiger partial charge in [0.1, 0.15) is 18.4 Å².